The summed E-state index contributed by atoms with van der Waals surface area (Å²) in [5.74, 6) is -0.0223. The molecule has 1 rings (SSSR count). The molecule has 76 valence electrons. The van der Waals surface area contributed by atoms with Crippen molar-refractivity contribution in [2.45, 2.75) is 43.5 Å². The minimum atomic E-state index is -0.386. The standard InChI is InChI=1S/C9H18N2OS/c1-6(10)9(12)11-7-4-3-5-8(7)13-2/h6-8H,3-5,10H2,1-2H3,(H,11,12)/t6-,7?,8?/m1/s1. The normalized spacial score (nSPS) is 30.1. The van der Waals surface area contributed by atoms with Crippen molar-refractivity contribution >= 4 is 17.7 Å². The smallest absolute Gasteiger partial charge is 0.236 e. The molecule has 0 aromatic heterocycles. The number of rotatable bonds is 3. The molecule has 4 heteroatoms. The van der Waals surface area contributed by atoms with Crippen LogP contribution in [0.15, 0.2) is 0 Å². The second-order valence-corrected chi connectivity index (χ2v) is 4.69. The molecule has 1 aliphatic rings. The van der Waals surface area contributed by atoms with Crippen molar-refractivity contribution in [2.24, 2.45) is 5.73 Å². The van der Waals surface area contributed by atoms with Gasteiger partial charge in [-0.05, 0) is 26.0 Å². The molecule has 0 radical (unpaired) electrons. The fourth-order valence-corrected chi connectivity index (χ4v) is 2.62. The van der Waals surface area contributed by atoms with Crippen LogP contribution >= 0.6 is 11.8 Å². The zero-order chi connectivity index (χ0) is 9.84. The monoisotopic (exact) mass is 202 g/mol. The molecule has 3 nitrogen and oxygen atoms in total. The van der Waals surface area contributed by atoms with Crippen LogP contribution in [0.2, 0.25) is 0 Å². The molecule has 1 aliphatic carbocycles. The van der Waals surface area contributed by atoms with Crippen LogP contribution in [-0.4, -0.2) is 29.5 Å². The second-order valence-electron chi connectivity index (χ2n) is 3.61. The van der Waals surface area contributed by atoms with E-state index < -0.39 is 0 Å². The highest BCUT2D eigenvalue weighted by atomic mass is 32.2. The zero-order valence-corrected chi connectivity index (χ0v) is 9.06. The molecule has 1 amide bonds. The average Bonchev–Trinajstić information content (AvgIpc) is 2.51. The first-order chi connectivity index (χ1) is 6.15. The summed E-state index contributed by atoms with van der Waals surface area (Å²) in [6, 6.07) is -0.0448. The van der Waals surface area contributed by atoms with Gasteiger partial charge in [-0.3, -0.25) is 4.79 Å². The average molecular weight is 202 g/mol. The van der Waals surface area contributed by atoms with Crippen LogP contribution in [0.5, 0.6) is 0 Å². The number of hydrogen-bond donors (Lipinski definition) is 2. The molecule has 0 saturated heterocycles. The highest BCUT2D eigenvalue weighted by Crippen LogP contribution is 2.28. The molecule has 3 atom stereocenters. The van der Waals surface area contributed by atoms with E-state index in [2.05, 4.69) is 11.6 Å². The molecule has 0 aliphatic heterocycles. The van der Waals surface area contributed by atoms with Crippen molar-refractivity contribution in [3.63, 3.8) is 0 Å². The first kappa shape index (κ1) is 10.9. The number of nitrogens with one attached hydrogen (secondary N) is 1. The molecule has 1 fully saturated rings. The maximum absolute atomic E-state index is 11.3. The fraction of sp³-hybridized carbons (Fsp3) is 0.889. The molecule has 0 aromatic rings. The number of thioether (sulfide) groups is 1. The Kier molecular flexibility index (Phi) is 4.06. The molecular weight excluding hydrogens is 184 g/mol. The summed E-state index contributed by atoms with van der Waals surface area (Å²) in [5.41, 5.74) is 5.48. The summed E-state index contributed by atoms with van der Waals surface area (Å²) in [4.78, 5) is 11.3. The molecule has 0 bridgehead atoms. The molecule has 3 N–H and O–H groups in total. The van der Waals surface area contributed by atoms with Gasteiger partial charge in [0.2, 0.25) is 5.91 Å². The van der Waals surface area contributed by atoms with E-state index in [1.807, 2.05) is 11.8 Å². The number of hydrogen-bond acceptors (Lipinski definition) is 3. The molecule has 2 unspecified atom stereocenters. The molecule has 0 heterocycles. The molecule has 0 aromatic carbocycles. The lowest BCUT2D eigenvalue weighted by atomic mass is 10.2. The van der Waals surface area contributed by atoms with Crippen molar-refractivity contribution in [1.29, 1.82) is 0 Å². The SMILES string of the molecule is CSC1CCCC1NC(=O)[C@@H](C)N. The third-order valence-electron chi connectivity index (χ3n) is 2.50. The zero-order valence-electron chi connectivity index (χ0n) is 8.25. The summed E-state index contributed by atoms with van der Waals surface area (Å²) in [5, 5.41) is 3.58. The van der Waals surface area contributed by atoms with Crippen molar-refractivity contribution in [2.75, 3.05) is 6.26 Å². The first-order valence-electron chi connectivity index (χ1n) is 4.74. The Labute approximate surface area is 83.8 Å². The van der Waals surface area contributed by atoms with Gasteiger partial charge in [-0.1, -0.05) is 6.42 Å². The predicted octanol–water partition coefficient (Wildman–Crippen LogP) is 0.734. The number of nitrogens with two attached hydrogens (primary N) is 1. The Balaban J connectivity index is 2.39. The summed E-state index contributed by atoms with van der Waals surface area (Å²) < 4.78 is 0. The topological polar surface area (TPSA) is 55.1 Å². The van der Waals surface area contributed by atoms with Crippen molar-refractivity contribution in [3.05, 3.63) is 0 Å². The van der Waals surface area contributed by atoms with Gasteiger partial charge in [-0.15, -0.1) is 0 Å². The van der Waals surface area contributed by atoms with E-state index in [0.717, 1.165) is 6.42 Å². The van der Waals surface area contributed by atoms with Crippen LogP contribution < -0.4 is 11.1 Å². The Morgan fingerprint density at radius 2 is 2.31 bits per heavy atom. The first-order valence-corrected chi connectivity index (χ1v) is 6.02. The molecule has 1 saturated carbocycles. The van der Waals surface area contributed by atoms with Gasteiger partial charge in [-0.25, -0.2) is 0 Å². The van der Waals surface area contributed by atoms with Crippen molar-refractivity contribution < 1.29 is 4.79 Å². The number of carbonyl (C=O) groups is 1. The van der Waals surface area contributed by atoms with Crippen LogP contribution in [-0.2, 0) is 4.79 Å². The van der Waals surface area contributed by atoms with Crippen molar-refractivity contribution in [3.8, 4) is 0 Å². The summed E-state index contributed by atoms with van der Waals surface area (Å²) in [6.07, 6.45) is 5.63. The number of carbonyl (C=O) groups excluding carboxylic acids is 1. The van der Waals surface area contributed by atoms with E-state index >= 15 is 0 Å². The van der Waals surface area contributed by atoms with Gasteiger partial charge in [0.1, 0.15) is 0 Å². The van der Waals surface area contributed by atoms with E-state index in [-0.39, 0.29) is 11.9 Å². The van der Waals surface area contributed by atoms with Gasteiger partial charge in [0, 0.05) is 11.3 Å². The lowest BCUT2D eigenvalue weighted by molar-refractivity contribution is -0.122. The summed E-state index contributed by atoms with van der Waals surface area (Å²) >= 11 is 1.84. The lowest BCUT2D eigenvalue weighted by Gasteiger charge is -2.20. The van der Waals surface area contributed by atoms with Crippen LogP contribution in [0.1, 0.15) is 26.2 Å². The summed E-state index contributed by atoms with van der Waals surface area (Å²) in [7, 11) is 0. The molecule has 13 heavy (non-hydrogen) atoms. The molecular formula is C9H18N2OS. The fourth-order valence-electron chi connectivity index (χ4n) is 1.69. The van der Waals surface area contributed by atoms with Crippen LogP contribution in [0.25, 0.3) is 0 Å². The van der Waals surface area contributed by atoms with Gasteiger partial charge in [0.05, 0.1) is 6.04 Å². The van der Waals surface area contributed by atoms with E-state index in [0.29, 0.717) is 11.3 Å². The van der Waals surface area contributed by atoms with Gasteiger partial charge in [-0.2, -0.15) is 11.8 Å². The van der Waals surface area contributed by atoms with E-state index in [1.54, 1.807) is 6.92 Å². The maximum atomic E-state index is 11.3. The third kappa shape index (κ3) is 2.88. The molecule has 0 spiro atoms. The quantitative estimate of drug-likeness (QED) is 0.709. The van der Waals surface area contributed by atoms with Crippen LogP contribution in [0.4, 0.5) is 0 Å². The van der Waals surface area contributed by atoms with Crippen molar-refractivity contribution in [1.82, 2.24) is 5.32 Å². The van der Waals surface area contributed by atoms with E-state index in [4.69, 9.17) is 5.73 Å². The summed E-state index contributed by atoms with van der Waals surface area (Å²) in [6.45, 7) is 1.72. The minimum absolute atomic E-state index is 0.0223. The predicted molar refractivity (Wildman–Crippen MR) is 56.7 cm³/mol. The minimum Gasteiger partial charge on any atom is -0.351 e. The second kappa shape index (κ2) is 4.86. The van der Waals surface area contributed by atoms with E-state index in [9.17, 15) is 4.79 Å². The Hall–Kier alpha value is -0.220. The lowest BCUT2D eigenvalue weighted by Crippen LogP contribution is -2.46. The van der Waals surface area contributed by atoms with Gasteiger partial charge in [0.25, 0.3) is 0 Å². The maximum Gasteiger partial charge on any atom is 0.236 e. The Bertz CT molecular complexity index is 184. The largest absolute Gasteiger partial charge is 0.351 e. The Morgan fingerprint density at radius 3 is 2.85 bits per heavy atom. The highest BCUT2D eigenvalue weighted by Gasteiger charge is 2.28. The number of amides is 1. The van der Waals surface area contributed by atoms with Gasteiger partial charge < -0.3 is 11.1 Å². The third-order valence-corrected chi connectivity index (χ3v) is 3.67. The van der Waals surface area contributed by atoms with Crippen LogP contribution in [0, 0.1) is 0 Å². The van der Waals surface area contributed by atoms with Crippen LogP contribution in [0.3, 0.4) is 0 Å². The van der Waals surface area contributed by atoms with Gasteiger partial charge >= 0.3 is 0 Å². The van der Waals surface area contributed by atoms with E-state index in [1.165, 1.54) is 12.8 Å². The Morgan fingerprint density at radius 1 is 1.62 bits per heavy atom. The highest BCUT2D eigenvalue weighted by molar-refractivity contribution is 7.99. The van der Waals surface area contributed by atoms with Gasteiger partial charge in [0.15, 0.2) is 0 Å².